The summed E-state index contributed by atoms with van der Waals surface area (Å²) in [6.45, 7) is 0.342. The number of fused-ring (bicyclic) bond motifs is 1. The Morgan fingerprint density at radius 1 is 1.09 bits per heavy atom. The maximum Gasteiger partial charge on any atom is 0.313 e. The molecule has 1 amide bonds. The zero-order valence-corrected chi connectivity index (χ0v) is 13.1. The number of aliphatic carboxylic acids is 1. The number of carboxylic acids is 1. The molecule has 0 aliphatic carbocycles. The van der Waals surface area contributed by atoms with Crippen molar-refractivity contribution in [3.8, 4) is 0 Å². The quantitative estimate of drug-likeness (QED) is 0.877. The van der Waals surface area contributed by atoms with E-state index in [1.54, 1.807) is 29.2 Å². The van der Waals surface area contributed by atoms with E-state index in [1.165, 1.54) is 0 Å². The lowest BCUT2D eigenvalue weighted by Crippen LogP contribution is -2.50. The summed E-state index contributed by atoms with van der Waals surface area (Å²) in [4.78, 5) is 26.2. The summed E-state index contributed by atoms with van der Waals surface area (Å²) in [6.07, 6.45) is 0. The molecule has 1 aliphatic heterocycles. The zero-order valence-electron chi connectivity index (χ0n) is 12.4. The van der Waals surface area contributed by atoms with Gasteiger partial charge in [-0.05, 0) is 17.2 Å². The van der Waals surface area contributed by atoms with Gasteiger partial charge < -0.3 is 10.0 Å². The van der Waals surface area contributed by atoms with Crippen LogP contribution in [0.15, 0.2) is 54.6 Å². The van der Waals surface area contributed by atoms with E-state index in [4.69, 9.17) is 11.6 Å². The molecule has 1 heterocycles. The van der Waals surface area contributed by atoms with Gasteiger partial charge in [-0.3, -0.25) is 9.59 Å². The van der Waals surface area contributed by atoms with Crippen LogP contribution >= 0.6 is 11.6 Å². The third-order valence-electron chi connectivity index (χ3n) is 4.19. The smallest absolute Gasteiger partial charge is 0.313 e. The van der Waals surface area contributed by atoms with Crippen LogP contribution in [0.5, 0.6) is 0 Å². The number of amides is 1. The number of hydrogen-bond donors (Lipinski definition) is 1. The molecule has 0 saturated heterocycles. The van der Waals surface area contributed by atoms with Crippen LogP contribution in [0.3, 0.4) is 0 Å². The van der Waals surface area contributed by atoms with E-state index in [1.807, 2.05) is 30.3 Å². The Morgan fingerprint density at radius 3 is 2.39 bits per heavy atom. The highest BCUT2D eigenvalue weighted by molar-refractivity contribution is 6.19. The van der Waals surface area contributed by atoms with Gasteiger partial charge in [-0.15, -0.1) is 11.6 Å². The average Bonchev–Trinajstić information content (AvgIpc) is 2.57. The summed E-state index contributed by atoms with van der Waals surface area (Å²) in [7, 11) is 0. The van der Waals surface area contributed by atoms with Crippen LogP contribution in [-0.4, -0.2) is 33.8 Å². The normalized spacial score (nSPS) is 20.2. The Balaban J connectivity index is 2.05. The van der Waals surface area contributed by atoms with Crippen molar-refractivity contribution in [2.24, 2.45) is 0 Å². The molecule has 0 spiro atoms. The summed E-state index contributed by atoms with van der Waals surface area (Å²) in [5.74, 6) is -1.88. The van der Waals surface area contributed by atoms with Gasteiger partial charge in [0.1, 0.15) is 5.92 Å². The van der Waals surface area contributed by atoms with Crippen LogP contribution in [0.2, 0.25) is 0 Å². The molecular weight excluding hydrogens is 314 g/mol. The highest BCUT2D eigenvalue weighted by atomic mass is 35.5. The molecular formula is C18H16ClNO3. The van der Waals surface area contributed by atoms with Crippen LogP contribution in [0.4, 0.5) is 0 Å². The van der Waals surface area contributed by atoms with Crippen molar-refractivity contribution in [1.82, 2.24) is 4.90 Å². The van der Waals surface area contributed by atoms with Crippen molar-refractivity contribution >= 4 is 23.5 Å². The molecule has 0 saturated carbocycles. The Morgan fingerprint density at radius 2 is 1.74 bits per heavy atom. The molecule has 2 atom stereocenters. The van der Waals surface area contributed by atoms with Crippen LogP contribution < -0.4 is 0 Å². The first kappa shape index (κ1) is 15.6. The van der Waals surface area contributed by atoms with Crippen molar-refractivity contribution in [3.63, 3.8) is 0 Å². The fourth-order valence-corrected chi connectivity index (χ4v) is 3.44. The molecule has 0 radical (unpaired) electrons. The van der Waals surface area contributed by atoms with E-state index >= 15 is 0 Å². The van der Waals surface area contributed by atoms with E-state index in [0.29, 0.717) is 17.7 Å². The van der Waals surface area contributed by atoms with E-state index < -0.39 is 17.9 Å². The predicted molar refractivity (Wildman–Crippen MR) is 87.6 cm³/mol. The largest absolute Gasteiger partial charge is 0.481 e. The van der Waals surface area contributed by atoms with Crippen LogP contribution in [0.1, 0.15) is 27.4 Å². The van der Waals surface area contributed by atoms with E-state index in [9.17, 15) is 14.7 Å². The minimum Gasteiger partial charge on any atom is -0.481 e. The molecule has 2 unspecified atom stereocenters. The number of carbonyl (C=O) groups is 2. The van der Waals surface area contributed by atoms with Gasteiger partial charge in [0.25, 0.3) is 5.91 Å². The second-order valence-corrected chi connectivity index (χ2v) is 5.85. The van der Waals surface area contributed by atoms with Crippen molar-refractivity contribution < 1.29 is 14.7 Å². The molecule has 1 aliphatic rings. The molecule has 118 valence electrons. The first-order valence-corrected chi connectivity index (χ1v) is 7.89. The number of carboxylic acid groups (broad SMARTS) is 1. The fourth-order valence-electron chi connectivity index (χ4n) is 3.09. The molecule has 0 aromatic heterocycles. The second kappa shape index (κ2) is 6.42. The highest BCUT2D eigenvalue weighted by Gasteiger charge is 2.42. The SMILES string of the molecule is O=C(O)C1c2ccccc2C(=O)N(Cc2ccccc2)C1CCl. The summed E-state index contributed by atoms with van der Waals surface area (Å²) < 4.78 is 0. The molecule has 4 nitrogen and oxygen atoms in total. The topological polar surface area (TPSA) is 57.6 Å². The number of carbonyl (C=O) groups excluding carboxylic acids is 1. The van der Waals surface area contributed by atoms with Crippen molar-refractivity contribution in [2.75, 3.05) is 5.88 Å². The molecule has 0 bridgehead atoms. The van der Waals surface area contributed by atoms with Crippen molar-refractivity contribution in [1.29, 1.82) is 0 Å². The molecule has 1 N–H and O–H groups in total. The van der Waals surface area contributed by atoms with E-state index in [2.05, 4.69) is 0 Å². The van der Waals surface area contributed by atoms with Gasteiger partial charge in [0.15, 0.2) is 0 Å². The Hall–Kier alpha value is -2.33. The van der Waals surface area contributed by atoms with Gasteiger partial charge in [-0.1, -0.05) is 48.5 Å². The van der Waals surface area contributed by atoms with Crippen LogP contribution in [0, 0.1) is 0 Å². The first-order chi connectivity index (χ1) is 11.1. The highest BCUT2D eigenvalue weighted by Crippen LogP contribution is 2.35. The third-order valence-corrected chi connectivity index (χ3v) is 4.51. The number of alkyl halides is 1. The predicted octanol–water partition coefficient (Wildman–Crippen LogP) is 3.12. The lowest BCUT2D eigenvalue weighted by atomic mass is 9.83. The number of rotatable bonds is 4. The maximum atomic E-state index is 12.8. The summed E-state index contributed by atoms with van der Waals surface area (Å²) in [6, 6.07) is 15.8. The van der Waals surface area contributed by atoms with Gasteiger partial charge in [0.05, 0.1) is 6.04 Å². The molecule has 2 aromatic carbocycles. The number of nitrogens with zero attached hydrogens (tertiary/aromatic N) is 1. The summed E-state index contributed by atoms with van der Waals surface area (Å²) >= 11 is 6.05. The van der Waals surface area contributed by atoms with Crippen LogP contribution in [0.25, 0.3) is 0 Å². The molecule has 2 aromatic rings. The minimum atomic E-state index is -0.964. The zero-order chi connectivity index (χ0) is 16.4. The summed E-state index contributed by atoms with van der Waals surface area (Å²) in [5, 5.41) is 9.66. The Labute approximate surface area is 139 Å². The Bertz CT molecular complexity index is 732. The number of halogens is 1. The van der Waals surface area contributed by atoms with Crippen molar-refractivity contribution in [3.05, 3.63) is 71.3 Å². The number of hydrogen-bond acceptors (Lipinski definition) is 2. The van der Waals surface area contributed by atoms with E-state index in [-0.39, 0.29) is 11.8 Å². The number of benzene rings is 2. The molecule has 5 heteroatoms. The average molecular weight is 330 g/mol. The molecule has 23 heavy (non-hydrogen) atoms. The fraction of sp³-hybridized carbons (Fsp3) is 0.222. The lowest BCUT2D eigenvalue weighted by molar-refractivity contribution is -0.140. The van der Waals surface area contributed by atoms with Gasteiger partial charge in [-0.25, -0.2) is 0 Å². The van der Waals surface area contributed by atoms with Gasteiger partial charge in [0.2, 0.25) is 0 Å². The van der Waals surface area contributed by atoms with Crippen LogP contribution in [-0.2, 0) is 11.3 Å². The lowest BCUT2D eigenvalue weighted by Gasteiger charge is -2.39. The first-order valence-electron chi connectivity index (χ1n) is 7.36. The third kappa shape index (κ3) is 2.82. The second-order valence-electron chi connectivity index (χ2n) is 5.54. The monoisotopic (exact) mass is 329 g/mol. The van der Waals surface area contributed by atoms with E-state index in [0.717, 1.165) is 5.56 Å². The standard InChI is InChI=1S/C18H16ClNO3/c19-10-15-16(18(22)23)13-8-4-5-9-14(13)17(21)20(15)11-12-6-2-1-3-7-12/h1-9,15-16H,10-11H2,(H,22,23). The Kier molecular flexibility index (Phi) is 4.35. The van der Waals surface area contributed by atoms with Gasteiger partial charge in [0, 0.05) is 18.0 Å². The van der Waals surface area contributed by atoms with Gasteiger partial charge in [-0.2, -0.15) is 0 Å². The van der Waals surface area contributed by atoms with Crippen molar-refractivity contribution in [2.45, 2.75) is 18.5 Å². The van der Waals surface area contributed by atoms with Gasteiger partial charge >= 0.3 is 5.97 Å². The summed E-state index contributed by atoms with van der Waals surface area (Å²) in [5.41, 5.74) is 1.93. The maximum absolute atomic E-state index is 12.8. The minimum absolute atomic E-state index is 0.0733. The molecule has 0 fully saturated rings. The molecule has 3 rings (SSSR count).